The smallest absolute Gasteiger partial charge is 0.306 e. The van der Waals surface area contributed by atoms with E-state index in [0.29, 0.717) is 16.8 Å². The van der Waals surface area contributed by atoms with Gasteiger partial charge in [0.25, 0.3) is 5.91 Å². The topological polar surface area (TPSA) is 72.5 Å². The van der Waals surface area contributed by atoms with Crippen LogP contribution in [0.1, 0.15) is 47.9 Å². The second kappa shape index (κ2) is 8.43. The summed E-state index contributed by atoms with van der Waals surface area (Å²) in [5.41, 5.74) is 1.38. The molecule has 1 amide bonds. The molecule has 0 saturated heterocycles. The minimum atomic E-state index is -0.391. The summed E-state index contributed by atoms with van der Waals surface area (Å²) in [6, 6.07) is 15.3. The summed E-state index contributed by atoms with van der Waals surface area (Å²) in [5.74, 6) is -0.897. The van der Waals surface area contributed by atoms with Crippen molar-refractivity contribution in [2.24, 2.45) is 5.41 Å². The zero-order valence-corrected chi connectivity index (χ0v) is 15.2. The minimum Gasteiger partial charge on any atom is -0.457 e. The third-order valence-electron chi connectivity index (χ3n) is 3.54. The molecule has 0 aliphatic carbocycles. The molecule has 2 aromatic rings. The quantitative estimate of drug-likeness (QED) is 0.627. The van der Waals surface area contributed by atoms with E-state index in [0.717, 1.165) is 0 Å². The Bertz CT molecular complexity index is 774. The van der Waals surface area contributed by atoms with Crippen LogP contribution in [0.2, 0.25) is 0 Å². The van der Waals surface area contributed by atoms with Gasteiger partial charge in [0, 0.05) is 16.8 Å². The zero-order valence-electron chi connectivity index (χ0n) is 15.2. The summed E-state index contributed by atoms with van der Waals surface area (Å²) < 4.78 is 5.03. The Labute approximate surface area is 153 Å². The summed E-state index contributed by atoms with van der Waals surface area (Å²) in [5, 5.41) is 2.76. The molecular weight excluding hydrogens is 330 g/mol. The normalized spacial score (nSPS) is 10.9. The number of carbonyl (C=O) groups excluding carboxylic acids is 3. The van der Waals surface area contributed by atoms with Crippen LogP contribution in [0.3, 0.4) is 0 Å². The molecule has 0 saturated carbocycles. The molecule has 0 aliphatic heterocycles. The molecule has 2 rings (SSSR count). The predicted molar refractivity (Wildman–Crippen MR) is 100 cm³/mol. The van der Waals surface area contributed by atoms with Crippen molar-refractivity contribution in [3.05, 3.63) is 65.7 Å². The van der Waals surface area contributed by atoms with Crippen LogP contribution in [0.5, 0.6) is 0 Å². The van der Waals surface area contributed by atoms with Crippen LogP contribution in [0.25, 0.3) is 0 Å². The molecule has 1 N–H and O–H groups in total. The number of rotatable bonds is 6. The van der Waals surface area contributed by atoms with Crippen LogP contribution < -0.4 is 5.32 Å². The lowest BCUT2D eigenvalue weighted by Gasteiger charge is -2.16. The van der Waals surface area contributed by atoms with Crippen molar-refractivity contribution in [3.63, 3.8) is 0 Å². The van der Waals surface area contributed by atoms with Crippen LogP contribution in [-0.4, -0.2) is 24.3 Å². The van der Waals surface area contributed by atoms with Crippen LogP contribution in [0.4, 0.5) is 5.69 Å². The van der Waals surface area contributed by atoms with Crippen LogP contribution in [-0.2, 0) is 9.53 Å². The van der Waals surface area contributed by atoms with Gasteiger partial charge in [-0.1, -0.05) is 39.0 Å². The number of amides is 1. The highest BCUT2D eigenvalue weighted by Crippen LogP contribution is 2.19. The number of carbonyl (C=O) groups is 3. The van der Waals surface area contributed by atoms with Gasteiger partial charge in [0.15, 0.2) is 12.4 Å². The van der Waals surface area contributed by atoms with E-state index in [-0.39, 0.29) is 30.1 Å². The van der Waals surface area contributed by atoms with E-state index in [1.807, 2.05) is 26.8 Å². The Hall–Kier alpha value is -2.95. The number of ketones is 1. The Morgan fingerprint density at radius 2 is 1.50 bits per heavy atom. The van der Waals surface area contributed by atoms with Crippen molar-refractivity contribution >= 4 is 23.3 Å². The molecule has 0 aliphatic rings. The maximum absolute atomic E-state index is 12.1. The van der Waals surface area contributed by atoms with Crippen molar-refractivity contribution in [3.8, 4) is 0 Å². The number of benzene rings is 2. The van der Waals surface area contributed by atoms with Gasteiger partial charge in [-0.25, -0.2) is 0 Å². The van der Waals surface area contributed by atoms with Gasteiger partial charge in [-0.3, -0.25) is 14.4 Å². The van der Waals surface area contributed by atoms with Crippen molar-refractivity contribution in [1.29, 1.82) is 0 Å². The summed E-state index contributed by atoms with van der Waals surface area (Å²) in [6.07, 6.45) is 0.255. The molecular formula is C21H23NO4. The van der Waals surface area contributed by atoms with Crippen LogP contribution >= 0.6 is 0 Å². The first kappa shape index (κ1) is 19.4. The third kappa shape index (κ3) is 6.16. The van der Waals surface area contributed by atoms with E-state index < -0.39 is 5.97 Å². The summed E-state index contributed by atoms with van der Waals surface area (Å²) in [7, 11) is 0. The number of anilines is 1. The Balaban J connectivity index is 1.89. The molecule has 5 nitrogen and oxygen atoms in total. The predicted octanol–water partition coefficient (Wildman–Crippen LogP) is 4.10. The number of Topliss-reactive ketones (excluding diaryl/α,β-unsaturated/α-hetero) is 1. The van der Waals surface area contributed by atoms with E-state index in [2.05, 4.69) is 5.32 Å². The van der Waals surface area contributed by atoms with Gasteiger partial charge >= 0.3 is 5.97 Å². The molecule has 0 unspecified atom stereocenters. The van der Waals surface area contributed by atoms with E-state index in [9.17, 15) is 14.4 Å². The van der Waals surface area contributed by atoms with Crippen molar-refractivity contribution in [1.82, 2.24) is 0 Å². The number of hydrogen-bond donors (Lipinski definition) is 1. The summed E-state index contributed by atoms with van der Waals surface area (Å²) in [4.78, 5) is 35.9. The number of ether oxygens (including phenoxy) is 1. The fraction of sp³-hybridized carbons (Fsp3) is 0.286. The molecule has 136 valence electrons. The van der Waals surface area contributed by atoms with Crippen LogP contribution in [0.15, 0.2) is 54.6 Å². The first-order valence-electron chi connectivity index (χ1n) is 8.40. The fourth-order valence-electron chi connectivity index (χ4n) is 2.25. The Morgan fingerprint density at radius 3 is 2.08 bits per heavy atom. The van der Waals surface area contributed by atoms with E-state index in [1.165, 1.54) is 0 Å². The number of nitrogens with one attached hydrogen (secondary N) is 1. The second-order valence-corrected chi connectivity index (χ2v) is 7.22. The van der Waals surface area contributed by atoms with Crippen molar-refractivity contribution in [2.45, 2.75) is 27.2 Å². The lowest BCUT2D eigenvalue weighted by Crippen LogP contribution is -2.19. The van der Waals surface area contributed by atoms with Crippen LogP contribution in [0, 0.1) is 5.41 Å². The lowest BCUT2D eigenvalue weighted by molar-refractivity contribution is -0.144. The van der Waals surface area contributed by atoms with Crippen molar-refractivity contribution < 1.29 is 19.1 Å². The highest BCUT2D eigenvalue weighted by atomic mass is 16.5. The fourth-order valence-corrected chi connectivity index (χ4v) is 2.25. The van der Waals surface area contributed by atoms with Gasteiger partial charge in [-0.15, -0.1) is 0 Å². The van der Waals surface area contributed by atoms with Gasteiger partial charge in [0.05, 0.1) is 6.42 Å². The summed E-state index contributed by atoms with van der Waals surface area (Å²) in [6.45, 7) is 5.50. The molecule has 0 atom stereocenters. The highest BCUT2D eigenvalue weighted by Gasteiger charge is 2.18. The third-order valence-corrected chi connectivity index (χ3v) is 3.54. The number of hydrogen-bond acceptors (Lipinski definition) is 4. The first-order chi connectivity index (χ1) is 12.2. The van der Waals surface area contributed by atoms with E-state index in [4.69, 9.17) is 4.74 Å². The molecule has 0 bridgehead atoms. The highest BCUT2D eigenvalue weighted by molar-refractivity contribution is 6.04. The lowest BCUT2D eigenvalue weighted by atomic mass is 9.92. The SMILES string of the molecule is CC(C)(C)CC(=O)OCC(=O)c1ccc(NC(=O)c2ccccc2)cc1. The molecule has 2 aromatic carbocycles. The average Bonchev–Trinajstić information content (AvgIpc) is 2.59. The number of esters is 1. The van der Waals surface area contributed by atoms with Gasteiger partial charge in [0.2, 0.25) is 0 Å². The maximum Gasteiger partial charge on any atom is 0.306 e. The van der Waals surface area contributed by atoms with Gasteiger partial charge in [-0.05, 0) is 41.8 Å². The van der Waals surface area contributed by atoms with Crippen molar-refractivity contribution in [2.75, 3.05) is 11.9 Å². The molecule has 26 heavy (non-hydrogen) atoms. The largest absolute Gasteiger partial charge is 0.457 e. The monoisotopic (exact) mass is 353 g/mol. The van der Waals surface area contributed by atoms with Gasteiger partial charge < -0.3 is 10.1 Å². The minimum absolute atomic E-state index is 0.182. The standard InChI is InChI=1S/C21H23NO4/c1-21(2,3)13-19(24)26-14-18(23)15-9-11-17(12-10-15)22-20(25)16-7-5-4-6-8-16/h4-12H,13-14H2,1-3H3,(H,22,25). The van der Waals surface area contributed by atoms with Gasteiger partial charge in [0.1, 0.15) is 0 Å². The molecule has 0 fully saturated rings. The maximum atomic E-state index is 12.1. The van der Waals surface area contributed by atoms with Gasteiger partial charge in [-0.2, -0.15) is 0 Å². The first-order valence-corrected chi connectivity index (χ1v) is 8.40. The van der Waals surface area contributed by atoms with E-state index >= 15 is 0 Å². The Kier molecular flexibility index (Phi) is 6.28. The molecule has 0 aromatic heterocycles. The molecule has 0 radical (unpaired) electrons. The second-order valence-electron chi connectivity index (χ2n) is 7.22. The average molecular weight is 353 g/mol. The molecule has 0 spiro atoms. The Morgan fingerprint density at radius 1 is 0.885 bits per heavy atom. The summed E-state index contributed by atoms with van der Waals surface area (Å²) >= 11 is 0. The molecule has 5 heteroatoms. The van der Waals surface area contributed by atoms with E-state index in [1.54, 1.807) is 48.5 Å². The molecule has 0 heterocycles. The zero-order chi connectivity index (χ0) is 19.2.